The van der Waals surface area contributed by atoms with Crippen molar-refractivity contribution in [3.8, 4) is 22.9 Å². The minimum Gasteiger partial charge on any atom is -0.437 e. The molecule has 2 aromatic heterocycles. The molecule has 10 nitrogen and oxygen atoms in total. The Morgan fingerprint density at radius 2 is 1.95 bits per heavy atom. The number of ether oxygens (including phenoxy) is 2. The molecule has 0 saturated carbocycles. The van der Waals surface area contributed by atoms with Crippen LogP contribution in [0.5, 0.6) is 11.6 Å². The molecule has 2 aromatic carbocycles. The summed E-state index contributed by atoms with van der Waals surface area (Å²) in [5.74, 6) is 0.219. The van der Waals surface area contributed by atoms with Crippen LogP contribution in [0.3, 0.4) is 0 Å². The zero-order chi connectivity index (χ0) is 29.0. The van der Waals surface area contributed by atoms with Crippen LogP contribution in [0.4, 0.5) is 16.0 Å². The van der Waals surface area contributed by atoms with Gasteiger partial charge in [0.25, 0.3) is 0 Å². The van der Waals surface area contributed by atoms with Gasteiger partial charge >= 0.3 is 0 Å². The van der Waals surface area contributed by atoms with Gasteiger partial charge in [0.1, 0.15) is 11.6 Å². The maximum atomic E-state index is 15.0. The minimum atomic E-state index is -3.89. The Morgan fingerprint density at radius 3 is 2.73 bits per heavy atom. The summed E-state index contributed by atoms with van der Waals surface area (Å²) in [6, 6.07) is 11.9. The quantitative estimate of drug-likeness (QED) is 0.241. The summed E-state index contributed by atoms with van der Waals surface area (Å²) in [6.45, 7) is 5.34. The van der Waals surface area contributed by atoms with Gasteiger partial charge in [-0.1, -0.05) is 12.1 Å². The van der Waals surface area contributed by atoms with E-state index in [4.69, 9.17) is 14.5 Å². The van der Waals surface area contributed by atoms with Crippen LogP contribution in [0.1, 0.15) is 25.3 Å². The fourth-order valence-corrected chi connectivity index (χ4v) is 6.13. The number of sulfonamides is 1. The average Bonchev–Trinajstić information content (AvgIpc) is 2.96. The first-order valence-corrected chi connectivity index (χ1v) is 15.1. The average molecular weight is 581 g/mol. The molecule has 0 amide bonds. The molecule has 4 aromatic rings. The molecule has 3 heterocycles. The highest BCUT2D eigenvalue weighted by Gasteiger charge is 2.22. The number of aromatic nitrogens is 3. The lowest BCUT2D eigenvalue weighted by Crippen LogP contribution is -2.38. The zero-order valence-electron chi connectivity index (χ0n) is 23.1. The van der Waals surface area contributed by atoms with E-state index < -0.39 is 21.9 Å². The van der Waals surface area contributed by atoms with Crippen molar-refractivity contribution in [3.63, 3.8) is 0 Å². The number of hydrogen-bond acceptors (Lipinski definition) is 9. The molecule has 0 aliphatic carbocycles. The molecule has 1 saturated heterocycles. The van der Waals surface area contributed by atoms with Crippen LogP contribution < -0.4 is 20.1 Å². The number of benzene rings is 2. The van der Waals surface area contributed by atoms with Gasteiger partial charge in [0.2, 0.25) is 21.9 Å². The molecule has 5 rings (SSSR count). The molecule has 3 N–H and O–H groups in total. The van der Waals surface area contributed by atoms with Crippen molar-refractivity contribution >= 4 is 32.4 Å². The molecule has 0 unspecified atom stereocenters. The fourth-order valence-electron chi connectivity index (χ4n) is 4.77. The highest BCUT2D eigenvalue weighted by atomic mass is 32.2. The van der Waals surface area contributed by atoms with Gasteiger partial charge in [-0.3, -0.25) is 4.72 Å². The minimum absolute atomic E-state index is 0.152. The number of anilines is 2. The van der Waals surface area contributed by atoms with E-state index in [0.29, 0.717) is 39.6 Å². The van der Waals surface area contributed by atoms with E-state index in [-0.39, 0.29) is 17.5 Å². The third-order valence-electron chi connectivity index (χ3n) is 6.94. The van der Waals surface area contributed by atoms with Crippen LogP contribution >= 0.6 is 0 Å². The van der Waals surface area contributed by atoms with E-state index in [2.05, 4.69) is 25.3 Å². The van der Waals surface area contributed by atoms with Crippen molar-refractivity contribution in [1.82, 2.24) is 20.3 Å². The van der Waals surface area contributed by atoms with Gasteiger partial charge in [-0.05, 0) is 69.1 Å². The zero-order valence-corrected chi connectivity index (χ0v) is 24.0. The standard InChI is InChI=1S/C29H33FN6O4S/c1-18-8-9-21-22(10-11-24(30)26(21)36-41(37,38)17-19(2)39-3)27(18)40-28-23(7-5-14-32-28)25-12-15-33-29(35-25)34-20-6-4-13-31-16-20/h5,7-12,14-15,19-20,31,36H,4,6,13,16-17H2,1-3H3,(H,33,34,35)/t19-,20-/m0/s1. The molecule has 0 radical (unpaired) electrons. The molecule has 216 valence electrons. The van der Waals surface area contributed by atoms with Gasteiger partial charge in [-0.2, -0.15) is 0 Å². The maximum absolute atomic E-state index is 15.0. The SMILES string of the molecule is CO[C@@H](C)CS(=O)(=O)Nc1c(F)ccc2c(Oc3ncccc3-c3ccnc(N[C@H]4CCCNC4)n3)c(C)ccc12. The number of halogens is 1. The van der Waals surface area contributed by atoms with Gasteiger partial charge in [-0.25, -0.2) is 27.8 Å². The lowest BCUT2D eigenvalue weighted by atomic mass is 10.0. The first kappa shape index (κ1) is 28.7. The van der Waals surface area contributed by atoms with Gasteiger partial charge in [0, 0.05) is 42.9 Å². The van der Waals surface area contributed by atoms with Crippen molar-refractivity contribution in [1.29, 1.82) is 0 Å². The van der Waals surface area contributed by atoms with Gasteiger partial charge < -0.3 is 20.1 Å². The molecular weight excluding hydrogens is 547 g/mol. The molecule has 41 heavy (non-hydrogen) atoms. The summed E-state index contributed by atoms with van der Waals surface area (Å²) >= 11 is 0. The van der Waals surface area contributed by atoms with Crippen molar-refractivity contribution in [2.45, 2.75) is 38.8 Å². The Bertz CT molecular complexity index is 1650. The van der Waals surface area contributed by atoms with E-state index >= 15 is 0 Å². The largest absolute Gasteiger partial charge is 0.437 e. The highest BCUT2D eigenvalue weighted by molar-refractivity contribution is 7.92. The van der Waals surface area contributed by atoms with Crippen molar-refractivity contribution in [2.75, 3.05) is 36.0 Å². The Hall–Kier alpha value is -3.87. The second kappa shape index (κ2) is 12.3. The smallest absolute Gasteiger partial charge is 0.235 e. The first-order chi connectivity index (χ1) is 19.7. The molecule has 0 bridgehead atoms. The second-order valence-electron chi connectivity index (χ2n) is 10.1. The summed E-state index contributed by atoms with van der Waals surface area (Å²) < 4.78 is 54.3. The van der Waals surface area contributed by atoms with Crippen LogP contribution in [0.25, 0.3) is 22.0 Å². The molecule has 1 aliphatic heterocycles. The van der Waals surface area contributed by atoms with Gasteiger partial charge in [0.05, 0.1) is 28.8 Å². The van der Waals surface area contributed by atoms with E-state index in [1.54, 1.807) is 49.6 Å². The molecule has 1 aliphatic rings. The molecule has 0 spiro atoms. The van der Waals surface area contributed by atoms with E-state index in [0.717, 1.165) is 31.5 Å². The third kappa shape index (κ3) is 6.72. The lowest BCUT2D eigenvalue weighted by Gasteiger charge is -2.23. The summed E-state index contributed by atoms with van der Waals surface area (Å²) in [7, 11) is -2.47. The van der Waals surface area contributed by atoms with Crippen LogP contribution in [0.2, 0.25) is 0 Å². The van der Waals surface area contributed by atoms with Gasteiger partial charge in [0.15, 0.2) is 0 Å². The number of rotatable bonds is 10. The number of nitrogens with zero attached hydrogens (tertiary/aromatic N) is 3. The summed E-state index contributed by atoms with van der Waals surface area (Å²) in [5, 5.41) is 7.64. The number of pyridine rings is 1. The van der Waals surface area contributed by atoms with Crippen LogP contribution in [-0.4, -0.2) is 61.5 Å². The Morgan fingerprint density at radius 1 is 1.12 bits per heavy atom. The van der Waals surface area contributed by atoms with Crippen LogP contribution in [0, 0.1) is 12.7 Å². The first-order valence-electron chi connectivity index (χ1n) is 13.4. The summed E-state index contributed by atoms with van der Waals surface area (Å²) in [5.41, 5.74) is 1.88. The molecule has 12 heteroatoms. The van der Waals surface area contributed by atoms with Crippen molar-refractivity contribution in [3.05, 3.63) is 66.2 Å². The maximum Gasteiger partial charge on any atom is 0.235 e. The van der Waals surface area contributed by atoms with Crippen LogP contribution in [-0.2, 0) is 14.8 Å². The van der Waals surface area contributed by atoms with Crippen molar-refractivity contribution < 1.29 is 22.3 Å². The topological polar surface area (TPSA) is 127 Å². The monoisotopic (exact) mass is 580 g/mol. The van der Waals surface area contributed by atoms with E-state index in [1.807, 2.05) is 13.0 Å². The Labute approximate surface area is 238 Å². The third-order valence-corrected chi connectivity index (χ3v) is 8.37. The number of piperidine rings is 1. The summed E-state index contributed by atoms with van der Waals surface area (Å²) in [6.07, 6.45) is 4.86. The second-order valence-corrected chi connectivity index (χ2v) is 11.8. The number of aryl methyl sites for hydroxylation is 1. The molecule has 2 atom stereocenters. The van der Waals surface area contributed by atoms with E-state index in [1.165, 1.54) is 13.2 Å². The molecular formula is C29H33FN6O4S. The number of fused-ring (bicyclic) bond motifs is 1. The number of hydrogen-bond donors (Lipinski definition) is 3. The number of nitrogens with one attached hydrogen (secondary N) is 3. The summed E-state index contributed by atoms with van der Waals surface area (Å²) in [4.78, 5) is 13.6. The van der Waals surface area contributed by atoms with Crippen molar-refractivity contribution in [2.24, 2.45) is 0 Å². The Balaban J connectivity index is 1.49. The molecule has 1 fully saturated rings. The van der Waals surface area contributed by atoms with Gasteiger partial charge in [-0.15, -0.1) is 0 Å². The number of methoxy groups -OCH3 is 1. The van der Waals surface area contributed by atoms with E-state index in [9.17, 15) is 12.8 Å². The van der Waals surface area contributed by atoms with Crippen LogP contribution in [0.15, 0.2) is 54.9 Å². The lowest BCUT2D eigenvalue weighted by molar-refractivity contribution is 0.136. The fraction of sp³-hybridized carbons (Fsp3) is 0.345. The predicted molar refractivity (Wildman–Crippen MR) is 157 cm³/mol. The predicted octanol–water partition coefficient (Wildman–Crippen LogP) is 4.87. The highest BCUT2D eigenvalue weighted by Crippen LogP contribution is 2.39. The normalized spacial score (nSPS) is 16.3. The Kier molecular flexibility index (Phi) is 8.62.